The van der Waals surface area contributed by atoms with E-state index in [1.165, 1.54) is 11.8 Å². The molecule has 0 saturated heterocycles. The molecule has 66 valence electrons. The Morgan fingerprint density at radius 1 is 1.64 bits per heavy atom. The Morgan fingerprint density at radius 3 is 2.73 bits per heavy atom. The molecule has 1 N–H and O–H groups in total. The van der Waals surface area contributed by atoms with Gasteiger partial charge in [-0.25, -0.2) is 0 Å². The van der Waals surface area contributed by atoms with Gasteiger partial charge in [0.05, 0.1) is 6.61 Å². The molecule has 0 unspecified atom stereocenters. The summed E-state index contributed by atoms with van der Waals surface area (Å²) in [4.78, 5) is 11.0. The molecule has 0 aromatic heterocycles. The van der Waals surface area contributed by atoms with Gasteiger partial charge in [-0.2, -0.15) is 0 Å². The normalized spacial score (nSPS) is 10.5. The molecule has 0 saturated carbocycles. The van der Waals surface area contributed by atoms with E-state index < -0.39 is 0 Å². The second kappa shape index (κ2) is 6.64. The molecular weight excluding hydrogens is 164 g/mol. The van der Waals surface area contributed by atoms with Crippen molar-refractivity contribution in [2.45, 2.75) is 13.8 Å². The predicted molar refractivity (Wildman–Crippen MR) is 45.3 cm³/mol. The van der Waals surface area contributed by atoms with Crippen LogP contribution in [0.25, 0.3) is 0 Å². The van der Waals surface area contributed by atoms with Gasteiger partial charge in [-0.05, 0) is 0 Å². The summed E-state index contributed by atoms with van der Waals surface area (Å²) in [5, 5.41) is 8.40. The molecule has 0 heterocycles. The Morgan fingerprint density at radius 2 is 2.27 bits per heavy atom. The molecule has 0 aliphatic carbocycles. The van der Waals surface area contributed by atoms with E-state index in [0.29, 0.717) is 12.4 Å². The maximum absolute atomic E-state index is 11.0. The second-order valence-corrected chi connectivity index (χ2v) is 3.46. The van der Waals surface area contributed by atoms with Crippen LogP contribution in [0, 0.1) is 5.92 Å². The average molecular weight is 178 g/mol. The number of rotatable bonds is 5. The summed E-state index contributed by atoms with van der Waals surface area (Å²) in [7, 11) is 0. The zero-order valence-electron chi connectivity index (χ0n) is 6.87. The molecule has 0 atom stereocenters. The molecule has 0 aliphatic rings. The van der Waals surface area contributed by atoms with Crippen molar-refractivity contribution in [2.24, 2.45) is 5.92 Å². The van der Waals surface area contributed by atoms with Gasteiger partial charge in [0, 0.05) is 11.7 Å². The summed E-state index contributed by atoms with van der Waals surface area (Å²) in [5.41, 5.74) is 0. The third-order valence-electron chi connectivity index (χ3n) is 1.03. The lowest BCUT2D eigenvalue weighted by atomic mass is 10.3. The SMILES string of the molecule is CC(C)C(=O)SCCOCO. The first kappa shape index (κ1) is 10.9. The molecule has 0 amide bonds. The maximum Gasteiger partial charge on any atom is 0.191 e. The number of aliphatic hydroxyl groups excluding tert-OH is 1. The van der Waals surface area contributed by atoms with Gasteiger partial charge in [0.2, 0.25) is 0 Å². The van der Waals surface area contributed by atoms with Crippen LogP contribution in [0.2, 0.25) is 0 Å². The average Bonchev–Trinajstić information content (AvgIpc) is 1.97. The Balaban J connectivity index is 3.18. The summed E-state index contributed by atoms with van der Waals surface area (Å²) in [6, 6.07) is 0. The molecule has 0 fully saturated rings. The van der Waals surface area contributed by atoms with Gasteiger partial charge in [-0.1, -0.05) is 25.6 Å². The highest BCUT2D eigenvalue weighted by Crippen LogP contribution is 2.09. The van der Waals surface area contributed by atoms with E-state index in [1.807, 2.05) is 13.8 Å². The number of aliphatic hydroxyl groups is 1. The first-order valence-corrected chi connectivity index (χ1v) is 4.52. The topological polar surface area (TPSA) is 46.5 Å². The molecule has 0 rings (SSSR count). The molecule has 0 bridgehead atoms. The lowest BCUT2D eigenvalue weighted by Crippen LogP contribution is -2.05. The zero-order chi connectivity index (χ0) is 8.69. The largest absolute Gasteiger partial charge is 0.371 e. The molecule has 0 aliphatic heterocycles. The molecule has 3 nitrogen and oxygen atoms in total. The molecule has 0 aromatic carbocycles. The summed E-state index contributed by atoms with van der Waals surface area (Å²) in [6.07, 6.45) is 0. The molecule has 0 aromatic rings. The van der Waals surface area contributed by atoms with Crippen molar-refractivity contribution in [1.82, 2.24) is 0 Å². The molecule has 0 radical (unpaired) electrons. The fourth-order valence-corrected chi connectivity index (χ4v) is 1.17. The van der Waals surface area contributed by atoms with Crippen molar-refractivity contribution in [2.75, 3.05) is 19.2 Å². The minimum atomic E-state index is -0.267. The minimum absolute atomic E-state index is 0.0779. The Bertz CT molecular complexity index is 114. The quantitative estimate of drug-likeness (QED) is 0.501. The van der Waals surface area contributed by atoms with Crippen molar-refractivity contribution >= 4 is 16.9 Å². The Kier molecular flexibility index (Phi) is 6.60. The van der Waals surface area contributed by atoms with Gasteiger partial charge < -0.3 is 9.84 Å². The standard InChI is InChI=1S/C7H14O3S/c1-6(2)7(9)11-4-3-10-5-8/h6,8H,3-5H2,1-2H3. The summed E-state index contributed by atoms with van der Waals surface area (Å²) < 4.78 is 4.65. The van der Waals surface area contributed by atoms with Crippen LogP contribution in [0.1, 0.15) is 13.8 Å². The first-order chi connectivity index (χ1) is 5.18. The van der Waals surface area contributed by atoms with Gasteiger partial charge in [-0.3, -0.25) is 4.79 Å². The molecule has 4 heteroatoms. The van der Waals surface area contributed by atoms with Gasteiger partial charge in [0.15, 0.2) is 5.12 Å². The van der Waals surface area contributed by atoms with Crippen molar-refractivity contribution in [3.8, 4) is 0 Å². The number of carbonyl (C=O) groups excluding carboxylic acids is 1. The maximum atomic E-state index is 11.0. The molecule has 11 heavy (non-hydrogen) atoms. The Labute approximate surface area is 71.1 Å². The van der Waals surface area contributed by atoms with Gasteiger partial charge in [-0.15, -0.1) is 0 Å². The van der Waals surface area contributed by atoms with E-state index >= 15 is 0 Å². The zero-order valence-corrected chi connectivity index (χ0v) is 7.69. The summed E-state index contributed by atoms with van der Waals surface area (Å²) >= 11 is 1.25. The van der Waals surface area contributed by atoms with Crippen LogP contribution in [0.4, 0.5) is 0 Å². The van der Waals surface area contributed by atoms with Crippen LogP contribution in [-0.2, 0) is 9.53 Å². The van der Waals surface area contributed by atoms with Crippen molar-refractivity contribution in [1.29, 1.82) is 0 Å². The van der Waals surface area contributed by atoms with Crippen molar-refractivity contribution < 1.29 is 14.6 Å². The highest BCUT2D eigenvalue weighted by Gasteiger charge is 2.06. The van der Waals surface area contributed by atoms with E-state index in [4.69, 9.17) is 5.11 Å². The van der Waals surface area contributed by atoms with Gasteiger partial charge >= 0.3 is 0 Å². The van der Waals surface area contributed by atoms with Crippen LogP contribution < -0.4 is 0 Å². The molecule has 0 spiro atoms. The fraction of sp³-hybridized carbons (Fsp3) is 0.857. The predicted octanol–water partition coefficient (Wildman–Crippen LogP) is 0.869. The lowest BCUT2D eigenvalue weighted by Gasteiger charge is -2.02. The number of thioether (sulfide) groups is 1. The second-order valence-electron chi connectivity index (χ2n) is 2.36. The van der Waals surface area contributed by atoms with Gasteiger partial charge in [0.1, 0.15) is 6.79 Å². The molecular formula is C7H14O3S. The van der Waals surface area contributed by atoms with Crippen LogP contribution in [0.15, 0.2) is 0 Å². The van der Waals surface area contributed by atoms with Crippen LogP contribution in [0.3, 0.4) is 0 Å². The van der Waals surface area contributed by atoms with E-state index in [1.54, 1.807) is 0 Å². The Hall–Kier alpha value is -0.0600. The van der Waals surface area contributed by atoms with E-state index in [9.17, 15) is 4.79 Å². The third kappa shape index (κ3) is 6.34. The van der Waals surface area contributed by atoms with E-state index in [2.05, 4.69) is 4.74 Å². The number of carbonyl (C=O) groups is 1. The van der Waals surface area contributed by atoms with E-state index in [-0.39, 0.29) is 17.8 Å². The van der Waals surface area contributed by atoms with Crippen LogP contribution >= 0.6 is 11.8 Å². The minimum Gasteiger partial charge on any atom is -0.371 e. The number of ether oxygens (including phenoxy) is 1. The monoisotopic (exact) mass is 178 g/mol. The number of hydrogen-bond donors (Lipinski definition) is 1. The fourth-order valence-electron chi connectivity index (χ4n) is 0.432. The lowest BCUT2D eigenvalue weighted by molar-refractivity contribution is -0.113. The smallest absolute Gasteiger partial charge is 0.191 e. The van der Waals surface area contributed by atoms with Crippen LogP contribution in [-0.4, -0.2) is 29.4 Å². The summed E-state index contributed by atoms with van der Waals surface area (Å²) in [5.74, 6) is 0.700. The van der Waals surface area contributed by atoms with Crippen molar-refractivity contribution in [3.63, 3.8) is 0 Å². The number of hydrogen-bond acceptors (Lipinski definition) is 4. The van der Waals surface area contributed by atoms with E-state index in [0.717, 1.165) is 0 Å². The van der Waals surface area contributed by atoms with Crippen molar-refractivity contribution in [3.05, 3.63) is 0 Å². The first-order valence-electron chi connectivity index (χ1n) is 3.53. The third-order valence-corrected chi connectivity index (χ3v) is 2.16. The highest BCUT2D eigenvalue weighted by atomic mass is 32.2. The van der Waals surface area contributed by atoms with Gasteiger partial charge in [0.25, 0.3) is 0 Å². The highest BCUT2D eigenvalue weighted by molar-refractivity contribution is 8.13. The summed E-state index contributed by atoms with van der Waals surface area (Å²) in [6.45, 7) is 3.89. The van der Waals surface area contributed by atoms with Crippen LogP contribution in [0.5, 0.6) is 0 Å².